The molecule has 23 heavy (non-hydrogen) atoms. The van der Waals surface area contributed by atoms with Crippen LogP contribution in [0.5, 0.6) is 0 Å². The van der Waals surface area contributed by atoms with Crippen LogP contribution in [0.2, 0.25) is 0 Å². The summed E-state index contributed by atoms with van der Waals surface area (Å²) in [6.07, 6.45) is 0. The minimum atomic E-state index is 0.206. The molecule has 0 saturated heterocycles. The molecule has 0 atom stereocenters. The molecule has 118 valence electrons. The molecule has 3 heteroatoms. The number of hydrogen-bond donors (Lipinski definition) is 1. The zero-order valence-electron chi connectivity index (χ0n) is 14.1. The van der Waals surface area contributed by atoms with Crippen molar-refractivity contribution in [2.75, 3.05) is 11.9 Å². The number of aromatic nitrogens is 2. The van der Waals surface area contributed by atoms with E-state index in [1.807, 2.05) is 0 Å². The van der Waals surface area contributed by atoms with Crippen molar-refractivity contribution in [3.63, 3.8) is 0 Å². The Morgan fingerprint density at radius 3 is 2.52 bits per heavy atom. The number of hydrogen-bond acceptors (Lipinski definition) is 1. The lowest BCUT2D eigenvalue weighted by atomic mass is 9.87. The van der Waals surface area contributed by atoms with Gasteiger partial charge in [0, 0.05) is 0 Å². The first kappa shape index (κ1) is 14.3. The predicted octanol–water partition coefficient (Wildman–Crippen LogP) is 3.70. The molecule has 0 bridgehead atoms. The van der Waals surface area contributed by atoms with E-state index in [4.69, 9.17) is 0 Å². The van der Waals surface area contributed by atoms with E-state index in [2.05, 4.69) is 83.8 Å². The van der Waals surface area contributed by atoms with Gasteiger partial charge in [0.2, 0.25) is 0 Å². The molecular weight excluding hydrogens is 282 g/mol. The molecule has 0 amide bonds. The van der Waals surface area contributed by atoms with E-state index in [0.29, 0.717) is 0 Å². The van der Waals surface area contributed by atoms with Crippen molar-refractivity contribution in [3.05, 3.63) is 59.7 Å². The number of imidazole rings is 1. The smallest absolute Gasteiger partial charge is 0.274 e. The number of para-hydroxylation sites is 2. The van der Waals surface area contributed by atoms with E-state index in [0.717, 1.165) is 19.6 Å². The molecule has 4 rings (SSSR count). The fraction of sp³-hybridized carbons (Fsp3) is 0.350. The summed E-state index contributed by atoms with van der Waals surface area (Å²) in [7, 11) is 0. The lowest BCUT2D eigenvalue weighted by Gasteiger charge is -2.19. The van der Waals surface area contributed by atoms with Crippen molar-refractivity contribution >= 4 is 17.0 Å². The van der Waals surface area contributed by atoms with E-state index in [1.165, 1.54) is 28.1 Å². The van der Waals surface area contributed by atoms with Crippen molar-refractivity contribution in [3.8, 4) is 0 Å². The Balaban J connectivity index is 1.74. The fourth-order valence-electron chi connectivity index (χ4n) is 3.44. The van der Waals surface area contributed by atoms with Gasteiger partial charge in [0.25, 0.3) is 0 Å². The van der Waals surface area contributed by atoms with Crippen LogP contribution in [0.4, 0.5) is 5.95 Å². The van der Waals surface area contributed by atoms with Crippen LogP contribution < -0.4 is 9.88 Å². The van der Waals surface area contributed by atoms with Gasteiger partial charge in [-0.1, -0.05) is 57.2 Å². The van der Waals surface area contributed by atoms with Crippen molar-refractivity contribution in [2.24, 2.45) is 0 Å². The van der Waals surface area contributed by atoms with Gasteiger partial charge in [-0.3, -0.25) is 5.32 Å². The fourth-order valence-corrected chi connectivity index (χ4v) is 3.44. The topological polar surface area (TPSA) is 20.8 Å². The molecule has 1 aliphatic rings. The third-order valence-corrected chi connectivity index (χ3v) is 4.75. The minimum absolute atomic E-state index is 0.206. The maximum atomic E-state index is 3.54. The first-order valence-corrected chi connectivity index (χ1v) is 8.38. The Kier molecular flexibility index (Phi) is 3.19. The number of nitrogens with zero attached hydrogens (tertiary/aromatic N) is 2. The highest BCUT2D eigenvalue weighted by Crippen LogP contribution is 2.24. The lowest BCUT2D eigenvalue weighted by Crippen LogP contribution is -2.29. The molecule has 1 aliphatic heterocycles. The van der Waals surface area contributed by atoms with Crippen LogP contribution in [0.25, 0.3) is 11.0 Å². The molecule has 2 aromatic carbocycles. The first-order chi connectivity index (χ1) is 11.0. The van der Waals surface area contributed by atoms with E-state index in [1.54, 1.807) is 0 Å². The number of fused-ring (bicyclic) bond motifs is 3. The lowest BCUT2D eigenvalue weighted by molar-refractivity contribution is -0.644. The maximum absolute atomic E-state index is 3.54. The van der Waals surface area contributed by atoms with Crippen molar-refractivity contribution < 1.29 is 4.57 Å². The van der Waals surface area contributed by atoms with Crippen LogP contribution in [-0.2, 0) is 18.5 Å². The third-order valence-electron chi connectivity index (χ3n) is 4.75. The first-order valence-electron chi connectivity index (χ1n) is 8.38. The van der Waals surface area contributed by atoms with E-state index in [9.17, 15) is 0 Å². The summed E-state index contributed by atoms with van der Waals surface area (Å²) >= 11 is 0. The number of anilines is 1. The number of rotatable bonds is 2. The average Bonchev–Trinajstić information content (AvgIpc) is 3.10. The molecule has 2 heterocycles. The Labute approximate surface area is 137 Å². The maximum Gasteiger partial charge on any atom is 0.358 e. The van der Waals surface area contributed by atoms with Gasteiger partial charge in [0.1, 0.15) is 17.6 Å². The van der Waals surface area contributed by atoms with Crippen LogP contribution in [0.15, 0.2) is 48.5 Å². The highest BCUT2D eigenvalue weighted by atomic mass is 15.3. The molecule has 3 aromatic rings. The largest absolute Gasteiger partial charge is 0.358 e. The van der Waals surface area contributed by atoms with Gasteiger partial charge in [0.15, 0.2) is 0 Å². The zero-order chi connectivity index (χ0) is 16.0. The molecule has 1 aromatic heterocycles. The zero-order valence-corrected chi connectivity index (χ0v) is 14.1. The van der Waals surface area contributed by atoms with Crippen molar-refractivity contribution in [1.82, 2.24) is 4.57 Å². The Hall–Kier alpha value is -2.29. The monoisotopic (exact) mass is 306 g/mol. The third kappa shape index (κ3) is 2.40. The SMILES string of the molecule is CC(C)(C)c1ccc(Cn2c3[n+](c4ccccc42)CCN3)cc1. The van der Waals surface area contributed by atoms with Gasteiger partial charge >= 0.3 is 5.95 Å². The Morgan fingerprint density at radius 2 is 1.78 bits per heavy atom. The molecular formula is C20H24N3+. The molecule has 0 saturated carbocycles. The summed E-state index contributed by atoms with van der Waals surface area (Å²) in [6.45, 7) is 9.74. The normalized spacial score (nSPS) is 14.0. The van der Waals surface area contributed by atoms with Crippen LogP contribution in [0.3, 0.4) is 0 Å². The highest BCUT2D eigenvalue weighted by Gasteiger charge is 2.27. The van der Waals surface area contributed by atoms with Crippen LogP contribution in [0, 0.1) is 0 Å². The highest BCUT2D eigenvalue weighted by molar-refractivity contribution is 5.74. The van der Waals surface area contributed by atoms with Gasteiger partial charge in [0.05, 0.1) is 13.1 Å². The second-order valence-corrected chi connectivity index (χ2v) is 7.42. The van der Waals surface area contributed by atoms with Crippen LogP contribution in [0.1, 0.15) is 31.9 Å². The van der Waals surface area contributed by atoms with E-state index < -0.39 is 0 Å². The van der Waals surface area contributed by atoms with Gasteiger partial charge in [-0.15, -0.1) is 0 Å². The van der Waals surface area contributed by atoms with Crippen molar-refractivity contribution in [1.29, 1.82) is 0 Å². The second-order valence-electron chi connectivity index (χ2n) is 7.42. The van der Waals surface area contributed by atoms with E-state index >= 15 is 0 Å². The molecule has 0 spiro atoms. The summed E-state index contributed by atoms with van der Waals surface area (Å²) in [4.78, 5) is 0. The number of nitrogens with one attached hydrogen (secondary N) is 1. The molecule has 3 nitrogen and oxygen atoms in total. The quantitative estimate of drug-likeness (QED) is 0.716. The second kappa shape index (κ2) is 5.12. The summed E-state index contributed by atoms with van der Waals surface area (Å²) in [5, 5.41) is 3.54. The molecule has 0 unspecified atom stereocenters. The predicted molar refractivity (Wildman–Crippen MR) is 94.9 cm³/mol. The molecule has 0 fully saturated rings. The minimum Gasteiger partial charge on any atom is -0.274 e. The van der Waals surface area contributed by atoms with Crippen molar-refractivity contribution in [2.45, 2.75) is 39.3 Å². The van der Waals surface area contributed by atoms with Gasteiger partial charge in [-0.05, 0) is 28.7 Å². The van der Waals surface area contributed by atoms with E-state index in [-0.39, 0.29) is 5.41 Å². The summed E-state index contributed by atoms with van der Waals surface area (Å²) in [6, 6.07) is 17.7. The van der Waals surface area contributed by atoms with Crippen LogP contribution >= 0.6 is 0 Å². The van der Waals surface area contributed by atoms with Crippen LogP contribution in [-0.4, -0.2) is 11.1 Å². The molecule has 0 radical (unpaired) electrons. The standard InChI is InChI=1S/C20H23N3/c1-20(2,3)16-10-8-15(9-11-16)14-23-18-7-5-4-6-17(18)22-13-12-21-19(22)23/h4-11H,12-14H2,1-3H3/p+1. The molecule has 1 N–H and O–H groups in total. The molecule has 0 aliphatic carbocycles. The Bertz CT molecular complexity index is 851. The van der Waals surface area contributed by atoms with Gasteiger partial charge < -0.3 is 0 Å². The van der Waals surface area contributed by atoms with Gasteiger partial charge in [-0.25, -0.2) is 9.13 Å². The Morgan fingerprint density at radius 1 is 1.04 bits per heavy atom. The average molecular weight is 306 g/mol. The number of benzene rings is 2. The summed E-state index contributed by atoms with van der Waals surface area (Å²) < 4.78 is 4.79. The van der Waals surface area contributed by atoms with Gasteiger partial charge in [-0.2, -0.15) is 0 Å². The summed E-state index contributed by atoms with van der Waals surface area (Å²) in [5.41, 5.74) is 5.55. The summed E-state index contributed by atoms with van der Waals surface area (Å²) in [5.74, 6) is 1.23.